The van der Waals surface area contributed by atoms with Gasteiger partial charge in [-0.3, -0.25) is 4.79 Å². The first-order chi connectivity index (χ1) is 11.7. The van der Waals surface area contributed by atoms with Crippen molar-refractivity contribution in [2.24, 2.45) is 0 Å². The van der Waals surface area contributed by atoms with Gasteiger partial charge in [0.1, 0.15) is 12.0 Å². The molecule has 0 spiro atoms. The smallest absolute Gasteiger partial charge is 0.273 e. The Labute approximate surface area is 140 Å². The number of oxazole rings is 1. The van der Waals surface area contributed by atoms with Crippen molar-refractivity contribution in [1.29, 1.82) is 0 Å². The fourth-order valence-corrected chi connectivity index (χ4v) is 2.70. The Balaban J connectivity index is 1.57. The number of methoxy groups -OCH3 is 1. The van der Waals surface area contributed by atoms with E-state index in [1.807, 2.05) is 24.3 Å². The van der Waals surface area contributed by atoms with Crippen molar-refractivity contribution in [2.75, 3.05) is 20.3 Å². The Morgan fingerprint density at radius 2 is 2.17 bits per heavy atom. The molecule has 1 amide bonds. The van der Waals surface area contributed by atoms with Crippen molar-refractivity contribution in [3.05, 3.63) is 47.7 Å². The van der Waals surface area contributed by atoms with Crippen LogP contribution < -0.4 is 10.1 Å². The van der Waals surface area contributed by atoms with Gasteiger partial charge in [0.15, 0.2) is 11.6 Å². The third kappa shape index (κ3) is 3.59. The maximum absolute atomic E-state index is 12.2. The van der Waals surface area contributed by atoms with Crippen LogP contribution in [0.2, 0.25) is 0 Å². The van der Waals surface area contributed by atoms with Crippen LogP contribution in [0.1, 0.15) is 53.0 Å². The molecular formula is C18H22N2O4. The largest absolute Gasteiger partial charge is 0.497 e. The number of aromatic nitrogens is 1. The highest BCUT2D eigenvalue weighted by molar-refractivity contribution is 5.91. The molecular weight excluding hydrogens is 308 g/mol. The van der Waals surface area contributed by atoms with Crippen LogP contribution in [0.25, 0.3) is 0 Å². The molecule has 6 heteroatoms. The van der Waals surface area contributed by atoms with Gasteiger partial charge in [-0.2, -0.15) is 0 Å². The summed E-state index contributed by atoms with van der Waals surface area (Å²) in [4.78, 5) is 16.5. The Morgan fingerprint density at radius 1 is 1.42 bits per heavy atom. The van der Waals surface area contributed by atoms with Crippen molar-refractivity contribution < 1.29 is 19.1 Å². The number of aliphatic hydroxyl groups excluding tert-OH is 1. The topological polar surface area (TPSA) is 84.6 Å². The van der Waals surface area contributed by atoms with E-state index in [0.29, 0.717) is 24.0 Å². The van der Waals surface area contributed by atoms with Gasteiger partial charge in [-0.25, -0.2) is 4.98 Å². The summed E-state index contributed by atoms with van der Waals surface area (Å²) in [5, 5.41) is 12.4. The number of amides is 1. The van der Waals surface area contributed by atoms with Crippen LogP contribution in [0.5, 0.6) is 5.75 Å². The van der Waals surface area contributed by atoms with Gasteiger partial charge in [-0.1, -0.05) is 18.6 Å². The molecule has 128 valence electrons. The summed E-state index contributed by atoms with van der Waals surface area (Å²) >= 11 is 0. The lowest BCUT2D eigenvalue weighted by Gasteiger charge is -2.21. The number of nitrogens with one attached hydrogen (secondary N) is 1. The quantitative estimate of drug-likeness (QED) is 0.814. The molecule has 6 nitrogen and oxygen atoms in total. The molecule has 1 aromatic heterocycles. The summed E-state index contributed by atoms with van der Waals surface area (Å²) in [6.45, 7) is 0.270. The van der Waals surface area contributed by atoms with E-state index in [9.17, 15) is 9.90 Å². The van der Waals surface area contributed by atoms with E-state index < -0.39 is 0 Å². The van der Waals surface area contributed by atoms with Gasteiger partial charge in [0.05, 0.1) is 13.7 Å². The minimum absolute atomic E-state index is 0.0568. The van der Waals surface area contributed by atoms with Crippen LogP contribution in [0, 0.1) is 0 Å². The molecule has 0 bridgehead atoms. The zero-order valence-electron chi connectivity index (χ0n) is 13.7. The molecule has 0 saturated heterocycles. The molecule has 0 radical (unpaired) electrons. The van der Waals surface area contributed by atoms with Crippen molar-refractivity contribution in [3.63, 3.8) is 0 Å². The molecule has 1 aromatic carbocycles. The number of hydrogen-bond donors (Lipinski definition) is 2. The highest BCUT2D eigenvalue weighted by atomic mass is 16.5. The average Bonchev–Trinajstić information content (AvgIpc) is 3.03. The van der Waals surface area contributed by atoms with E-state index >= 15 is 0 Å². The fraction of sp³-hybridized carbons (Fsp3) is 0.444. The first kappa shape index (κ1) is 16.5. The third-order valence-electron chi connectivity index (χ3n) is 4.53. The average molecular weight is 330 g/mol. The van der Waals surface area contributed by atoms with Gasteiger partial charge in [0.2, 0.25) is 0 Å². The predicted molar refractivity (Wildman–Crippen MR) is 88.2 cm³/mol. The second-order valence-corrected chi connectivity index (χ2v) is 6.06. The third-order valence-corrected chi connectivity index (χ3v) is 4.53. The Kier molecular flexibility index (Phi) is 5.15. The summed E-state index contributed by atoms with van der Waals surface area (Å²) in [5.41, 5.74) is 1.23. The second-order valence-electron chi connectivity index (χ2n) is 6.06. The number of hydrogen-bond acceptors (Lipinski definition) is 5. The van der Waals surface area contributed by atoms with Gasteiger partial charge in [-0.15, -0.1) is 0 Å². The number of benzene rings is 1. The van der Waals surface area contributed by atoms with Crippen LogP contribution in [0.3, 0.4) is 0 Å². The van der Waals surface area contributed by atoms with E-state index in [0.717, 1.165) is 24.2 Å². The first-order valence-corrected chi connectivity index (χ1v) is 8.19. The van der Waals surface area contributed by atoms with Crippen LogP contribution in [0.15, 0.2) is 34.9 Å². The number of aliphatic hydroxyl groups is 1. The standard InChI is InChI=1S/C18H22N2O4/c1-23-15-7-5-12(6-8-15)14(10-21)9-19-17(22)16-11-24-18(20-16)13-3-2-4-13/h5-8,11,13-14,21H,2-4,9-10H2,1H3,(H,19,22). The van der Waals surface area contributed by atoms with E-state index in [1.165, 1.54) is 12.7 Å². The van der Waals surface area contributed by atoms with Crippen molar-refractivity contribution in [2.45, 2.75) is 31.1 Å². The van der Waals surface area contributed by atoms with Crippen molar-refractivity contribution in [3.8, 4) is 5.75 Å². The van der Waals surface area contributed by atoms with E-state index in [1.54, 1.807) is 7.11 Å². The normalized spacial score (nSPS) is 15.6. The zero-order chi connectivity index (χ0) is 16.9. The summed E-state index contributed by atoms with van der Waals surface area (Å²) in [5.74, 6) is 1.30. The number of carbonyl (C=O) groups excluding carboxylic acids is 1. The van der Waals surface area contributed by atoms with Crippen LogP contribution in [-0.2, 0) is 0 Å². The Hall–Kier alpha value is -2.34. The number of ether oxygens (including phenoxy) is 1. The SMILES string of the molecule is COc1ccc(C(CO)CNC(=O)c2coc(C3CCC3)n2)cc1. The van der Waals surface area contributed by atoms with Gasteiger partial charge in [0.25, 0.3) is 5.91 Å². The molecule has 1 heterocycles. The molecule has 1 unspecified atom stereocenters. The lowest BCUT2D eigenvalue weighted by Crippen LogP contribution is -2.30. The maximum Gasteiger partial charge on any atom is 0.273 e. The Morgan fingerprint density at radius 3 is 2.75 bits per heavy atom. The molecule has 2 N–H and O–H groups in total. The number of rotatable bonds is 7. The molecule has 0 aliphatic heterocycles. The summed E-state index contributed by atoms with van der Waals surface area (Å²) in [7, 11) is 1.61. The minimum Gasteiger partial charge on any atom is -0.497 e. The van der Waals surface area contributed by atoms with Gasteiger partial charge >= 0.3 is 0 Å². The lowest BCUT2D eigenvalue weighted by atomic mass is 9.85. The monoisotopic (exact) mass is 330 g/mol. The fourth-order valence-electron chi connectivity index (χ4n) is 2.70. The molecule has 24 heavy (non-hydrogen) atoms. The summed E-state index contributed by atoms with van der Waals surface area (Å²) in [6, 6.07) is 7.44. The summed E-state index contributed by atoms with van der Waals surface area (Å²) < 4.78 is 10.5. The lowest BCUT2D eigenvalue weighted by molar-refractivity contribution is 0.0942. The highest BCUT2D eigenvalue weighted by Gasteiger charge is 2.25. The van der Waals surface area contributed by atoms with Crippen molar-refractivity contribution >= 4 is 5.91 Å². The predicted octanol–water partition coefficient (Wildman–Crippen LogP) is 2.46. The molecule has 1 aliphatic rings. The molecule has 1 saturated carbocycles. The molecule has 3 rings (SSSR count). The van der Waals surface area contributed by atoms with Crippen molar-refractivity contribution in [1.82, 2.24) is 10.3 Å². The van der Waals surface area contributed by atoms with E-state index in [4.69, 9.17) is 9.15 Å². The van der Waals surface area contributed by atoms with Gasteiger partial charge in [0, 0.05) is 18.4 Å². The molecule has 2 aromatic rings. The number of nitrogens with zero attached hydrogens (tertiary/aromatic N) is 1. The van der Waals surface area contributed by atoms with E-state index in [-0.39, 0.29) is 18.4 Å². The zero-order valence-corrected chi connectivity index (χ0v) is 13.7. The summed E-state index contributed by atoms with van der Waals surface area (Å²) in [6.07, 6.45) is 4.75. The highest BCUT2D eigenvalue weighted by Crippen LogP contribution is 2.35. The second kappa shape index (κ2) is 7.49. The van der Waals surface area contributed by atoms with Crippen LogP contribution in [-0.4, -0.2) is 36.3 Å². The first-order valence-electron chi connectivity index (χ1n) is 8.19. The molecule has 1 aliphatic carbocycles. The van der Waals surface area contributed by atoms with Gasteiger partial charge in [-0.05, 0) is 30.5 Å². The maximum atomic E-state index is 12.2. The molecule has 1 atom stereocenters. The van der Waals surface area contributed by atoms with Crippen LogP contribution in [0.4, 0.5) is 0 Å². The minimum atomic E-state index is -0.281. The van der Waals surface area contributed by atoms with Gasteiger partial charge < -0.3 is 19.6 Å². The molecule has 1 fully saturated rings. The number of carbonyl (C=O) groups is 1. The Bertz CT molecular complexity index is 677. The van der Waals surface area contributed by atoms with E-state index in [2.05, 4.69) is 10.3 Å². The van der Waals surface area contributed by atoms with Crippen LogP contribution >= 0.6 is 0 Å².